The lowest BCUT2D eigenvalue weighted by Crippen LogP contribution is -2.22. The summed E-state index contributed by atoms with van der Waals surface area (Å²) in [5, 5.41) is 6.53. The highest BCUT2D eigenvalue weighted by molar-refractivity contribution is 7.17. The van der Waals surface area contributed by atoms with E-state index in [1.807, 2.05) is 0 Å². The fourth-order valence-electron chi connectivity index (χ4n) is 3.37. The van der Waals surface area contributed by atoms with Crippen molar-refractivity contribution >= 4 is 28.2 Å². The van der Waals surface area contributed by atoms with E-state index in [2.05, 4.69) is 17.3 Å². The summed E-state index contributed by atoms with van der Waals surface area (Å²) in [6.07, 6.45) is -2.09. The number of fused-ring (bicyclic) bond motifs is 1. The molecule has 3 rings (SSSR count). The molecule has 1 N–H and O–H groups in total. The SMILES string of the molecule is CCOC(=O)c1c(NC(=O)Cn2nc(C(F)(F)F)cc2C)sc2c1CC[C@H](C)C2. The maximum atomic E-state index is 12.8. The number of hydrogen-bond donors (Lipinski definition) is 1. The second kappa shape index (κ2) is 8.17. The number of rotatable bonds is 5. The molecule has 0 fully saturated rings. The van der Waals surface area contributed by atoms with Gasteiger partial charge in [-0.15, -0.1) is 11.3 Å². The van der Waals surface area contributed by atoms with Crippen LogP contribution in [0.2, 0.25) is 0 Å². The van der Waals surface area contributed by atoms with E-state index in [0.29, 0.717) is 16.5 Å². The Morgan fingerprint density at radius 2 is 2.14 bits per heavy atom. The zero-order valence-electron chi connectivity index (χ0n) is 16.4. The van der Waals surface area contributed by atoms with Gasteiger partial charge in [0.05, 0.1) is 12.2 Å². The van der Waals surface area contributed by atoms with E-state index in [-0.39, 0.29) is 18.8 Å². The monoisotopic (exact) mass is 429 g/mol. The number of amides is 1. The number of anilines is 1. The zero-order chi connectivity index (χ0) is 21.3. The van der Waals surface area contributed by atoms with Gasteiger partial charge in [-0.25, -0.2) is 4.79 Å². The maximum Gasteiger partial charge on any atom is 0.435 e. The predicted molar refractivity (Wildman–Crippen MR) is 102 cm³/mol. The first-order valence-electron chi connectivity index (χ1n) is 9.33. The fourth-order valence-corrected chi connectivity index (χ4v) is 4.78. The molecule has 0 saturated carbocycles. The van der Waals surface area contributed by atoms with Crippen molar-refractivity contribution in [3.05, 3.63) is 33.5 Å². The molecule has 0 bridgehead atoms. The van der Waals surface area contributed by atoms with Crippen molar-refractivity contribution in [3.63, 3.8) is 0 Å². The Hall–Kier alpha value is -2.36. The number of ether oxygens (including phenoxy) is 1. The van der Waals surface area contributed by atoms with E-state index in [1.54, 1.807) is 6.92 Å². The van der Waals surface area contributed by atoms with Crippen molar-refractivity contribution in [1.82, 2.24) is 9.78 Å². The summed E-state index contributed by atoms with van der Waals surface area (Å²) >= 11 is 1.33. The van der Waals surface area contributed by atoms with Gasteiger partial charge in [-0.05, 0) is 50.7 Å². The number of alkyl halides is 3. The summed E-state index contributed by atoms with van der Waals surface area (Å²) in [5.41, 5.74) is 0.435. The average Bonchev–Trinajstić information content (AvgIpc) is 3.14. The van der Waals surface area contributed by atoms with E-state index in [1.165, 1.54) is 18.3 Å². The number of aromatic nitrogens is 2. The number of thiophene rings is 1. The van der Waals surface area contributed by atoms with Crippen LogP contribution in [-0.4, -0.2) is 28.3 Å². The Morgan fingerprint density at radius 1 is 1.41 bits per heavy atom. The number of aryl methyl sites for hydroxylation is 1. The Morgan fingerprint density at radius 3 is 2.76 bits per heavy atom. The molecule has 2 aromatic heterocycles. The molecule has 0 unspecified atom stereocenters. The smallest absolute Gasteiger partial charge is 0.435 e. The Labute approximate surface area is 170 Å². The molecule has 6 nitrogen and oxygen atoms in total. The number of halogens is 3. The lowest BCUT2D eigenvalue weighted by Gasteiger charge is -2.18. The highest BCUT2D eigenvalue weighted by Gasteiger charge is 2.35. The number of nitrogens with one attached hydrogen (secondary N) is 1. The maximum absolute atomic E-state index is 12.8. The van der Waals surface area contributed by atoms with Crippen LogP contribution < -0.4 is 5.32 Å². The summed E-state index contributed by atoms with van der Waals surface area (Å²) < 4.78 is 44.6. The van der Waals surface area contributed by atoms with Crippen LogP contribution in [0.25, 0.3) is 0 Å². The second-order valence-electron chi connectivity index (χ2n) is 7.15. The van der Waals surface area contributed by atoms with Crippen LogP contribution >= 0.6 is 11.3 Å². The molecule has 1 aliphatic rings. The lowest BCUT2D eigenvalue weighted by atomic mass is 9.88. The molecule has 0 aromatic carbocycles. The van der Waals surface area contributed by atoms with Gasteiger partial charge < -0.3 is 10.1 Å². The third-order valence-corrected chi connectivity index (χ3v) is 5.98. The first-order valence-corrected chi connectivity index (χ1v) is 10.1. The normalized spacial score (nSPS) is 16.4. The van der Waals surface area contributed by atoms with Gasteiger partial charge in [-0.1, -0.05) is 6.92 Å². The van der Waals surface area contributed by atoms with Crippen molar-refractivity contribution < 1.29 is 27.5 Å². The van der Waals surface area contributed by atoms with Crippen LogP contribution in [0.15, 0.2) is 6.07 Å². The molecule has 29 heavy (non-hydrogen) atoms. The highest BCUT2D eigenvalue weighted by Crippen LogP contribution is 2.40. The summed E-state index contributed by atoms with van der Waals surface area (Å²) in [5.74, 6) is -0.571. The largest absolute Gasteiger partial charge is 0.462 e. The van der Waals surface area contributed by atoms with Crippen molar-refractivity contribution in [1.29, 1.82) is 0 Å². The van der Waals surface area contributed by atoms with Gasteiger partial charge in [-0.3, -0.25) is 9.48 Å². The van der Waals surface area contributed by atoms with Crippen LogP contribution in [0.1, 0.15) is 52.5 Å². The van der Waals surface area contributed by atoms with E-state index in [9.17, 15) is 22.8 Å². The van der Waals surface area contributed by atoms with Crippen molar-refractivity contribution in [2.75, 3.05) is 11.9 Å². The fraction of sp³-hybridized carbons (Fsp3) is 0.526. The van der Waals surface area contributed by atoms with Gasteiger partial charge >= 0.3 is 12.1 Å². The van der Waals surface area contributed by atoms with Crippen LogP contribution in [-0.2, 0) is 35.1 Å². The average molecular weight is 429 g/mol. The molecule has 0 radical (unpaired) electrons. The molecule has 10 heteroatoms. The van der Waals surface area contributed by atoms with E-state index < -0.39 is 23.7 Å². The topological polar surface area (TPSA) is 73.2 Å². The Bertz CT molecular complexity index is 933. The molecule has 2 aromatic rings. The van der Waals surface area contributed by atoms with Crippen LogP contribution in [0.3, 0.4) is 0 Å². The Balaban J connectivity index is 1.83. The lowest BCUT2D eigenvalue weighted by molar-refractivity contribution is -0.141. The quantitative estimate of drug-likeness (QED) is 0.723. The van der Waals surface area contributed by atoms with Crippen molar-refractivity contribution in [3.8, 4) is 0 Å². The van der Waals surface area contributed by atoms with Crippen molar-refractivity contribution in [2.24, 2.45) is 5.92 Å². The molecule has 158 valence electrons. The third kappa shape index (κ3) is 4.63. The van der Waals surface area contributed by atoms with E-state index in [4.69, 9.17) is 4.74 Å². The van der Waals surface area contributed by atoms with E-state index >= 15 is 0 Å². The molecule has 1 amide bonds. The zero-order valence-corrected chi connectivity index (χ0v) is 17.2. The molecule has 0 aliphatic heterocycles. The molecular weight excluding hydrogens is 407 g/mol. The molecular formula is C19H22F3N3O3S. The summed E-state index contributed by atoms with van der Waals surface area (Å²) in [7, 11) is 0. The molecule has 0 saturated heterocycles. The minimum Gasteiger partial charge on any atom is -0.462 e. The number of nitrogens with zero attached hydrogens (tertiary/aromatic N) is 2. The van der Waals surface area contributed by atoms with Gasteiger partial charge in [-0.2, -0.15) is 18.3 Å². The predicted octanol–water partition coefficient (Wildman–Crippen LogP) is 4.21. The van der Waals surface area contributed by atoms with Crippen LogP contribution in [0, 0.1) is 12.8 Å². The standard InChI is InChI=1S/C19H22F3N3O3S/c1-4-28-18(27)16-12-6-5-10(2)7-13(12)29-17(16)23-15(26)9-25-11(3)8-14(24-25)19(20,21)22/h8,10H,4-7,9H2,1-3H3,(H,23,26)/t10-/m0/s1. The second-order valence-corrected chi connectivity index (χ2v) is 8.26. The number of hydrogen-bond acceptors (Lipinski definition) is 5. The number of carbonyl (C=O) groups excluding carboxylic acids is 2. The molecule has 0 spiro atoms. The van der Waals surface area contributed by atoms with Gasteiger partial charge in [0.25, 0.3) is 0 Å². The summed E-state index contributed by atoms with van der Waals surface area (Å²) in [6.45, 7) is 5.10. The molecule has 1 atom stereocenters. The van der Waals surface area contributed by atoms with Gasteiger partial charge in [0.1, 0.15) is 11.5 Å². The summed E-state index contributed by atoms with van der Waals surface area (Å²) in [6, 6.07) is 0.891. The van der Waals surface area contributed by atoms with Gasteiger partial charge in [0.2, 0.25) is 5.91 Å². The minimum atomic E-state index is -4.58. The van der Waals surface area contributed by atoms with E-state index in [0.717, 1.165) is 40.5 Å². The highest BCUT2D eigenvalue weighted by atomic mass is 32.1. The number of esters is 1. The van der Waals surface area contributed by atoms with Gasteiger partial charge in [0, 0.05) is 10.6 Å². The first kappa shape index (κ1) is 21.4. The van der Waals surface area contributed by atoms with Gasteiger partial charge in [0.15, 0.2) is 5.69 Å². The number of carbonyl (C=O) groups is 2. The van der Waals surface area contributed by atoms with Crippen molar-refractivity contribution in [2.45, 2.75) is 52.8 Å². The summed E-state index contributed by atoms with van der Waals surface area (Å²) in [4.78, 5) is 26.0. The Kier molecular flexibility index (Phi) is 6.02. The first-order chi connectivity index (χ1) is 13.6. The molecule has 2 heterocycles. The van der Waals surface area contributed by atoms with Crippen LogP contribution in [0.4, 0.5) is 18.2 Å². The van der Waals surface area contributed by atoms with Crippen LogP contribution in [0.5, 0.6) is 0 Å². The molecule has 1 aliphatic carbocycles. The minimum absolute atomic E-state index is 0.208. The third-order valence-electron chi connectivity index (χ3n) is 4.81.